The van der Waals surface area contributed by atoms with E-state index < -0.39 is 5.92 Å². The number of benzene rings is 1. The van der Waals surface area contributed by atoms with Gasteiger partial charge in [-0.2, -0.15) is 5.26 Å². The van der Waals surface area contributed by atoms with Gasteiger partial charge in [0.1, 0.15) is 5.92 Å². The summed E-state index contributed by atoms with van der Waals surface area (Å²) in [5.74, 6) is 0.146. The Bertz CT molecular complexity index is 455. The highest BCUT2D eigenvalue weighted by Crippen LogP contribution is 2.19. The first kappa shape index (κ1) is 13.6. The molecule has 1 atom stereocenters. The predicted octanol–water partition coefficient (Wildman–Crippen LogP) is 2.63. The van der Waals surface area contributed by atoms with Crippen LogP contribution in [0.25, 0.3) is 0 Å². The molecule has 0 saturated carbocycles. The van der Waals surface area contributed by atoms with Gasteiger partial charge in [-0.3, -0.25) is 4.79 Å². The second kappa shape index (κ2) is 6.38. The van der Waals surface area contributed by atoms with E-state index in [1.165, 1.54) is 0 Å². The van der Waals surface area contributed by atoms with Gasteiger partial charge in [0.05, 0.1) is 6.07 Å². The molecule has 1 aromatic rings. The van der Waals surface area contributed by atoms with Gasteiger partial charge in [-0.25, -0.2) is 0 Å². The van der Waals surface area contributed by atoms with E-state index in [-0.39, 0.29) is 5.91 Å². The minimum atomic E-state index is -0.546. The smallest absolute Gasteiger partial charge is 0.240 e. The molecule has 3 nitrogen and oxygen atoms in total. The third-order valence-electron chi connectivity index (χ3n) is 3.83. The number of hydrogen-bond acceptors (Lipinski definition) is 2. The van der Waals surface area contributed by atoms with Crippen molar-refractivity contribution in [1.82, 2.24) is 4.90 Å². The first-order chi connectivity index (χ1) is 9.20. The van der Waals surface area contributed by atoms with Gasteiger partial charge in [-0.05, 0) is 30.7 Å². The molecule has 1 aromatic carbocycles. The van der Waals surface area contributed by atoms with E-state index in [2.05, 4.69) is 13.0 Å². The third kappa shape index (κ3) is 3.57. The van der Waals surface area contributed by atoms with E-state index in [1.807, 2.05) is 35.2 Å². The van der Waals surface area contributed by atoms with Gasteiger partial charge >= 0.3 is 0 Å². The molecule has 19 heavy (non-hydrogen) atoms. The lowest BCUT2D eigenvalue weighted by Crippen LogP contribution is -2.41. The van der Waals surface area contributed by atoms with Gasteiger partial charge in [0, 0.05) is 13.1 Å². The Labute approximate surface area is 114 Å². The molecule has 1 aliphatic rings. The fourth-order valence-electron chi connectivity index (χ4n) is 2.49. The van der Waals surface area contributed by atoms with Gasteiger partial charge in [-0.15, -0.1) is 0 Å². The molecule has 1 heterocycles. The van der Waals surface area contributed by atoms with Crippen molar-refractivity contribution >= 4 is 5.91 Å². The standard InChI is InChI=1S/C16H20N2O/c1-13-7-9-18(10-8-13)16(19)15(12-17)11-14-5-3-2-4-6-14/h2-6,13,15H,7-11H2,1H3. The van der Waals surface area contributed by atoms with Crippen LogP contribution in [-0.4, -0.2) is 23.9 Å². The third-order valence-corrected chi connectivity index (χ3v) is 3.83. The van der Waals surface area contributed by atoms with Crippen LogP contribution in [0.15, 0.2) is 30.3 Å². The van der Waals surface area contributed by atoms with Crippen LogP contribution in [0.2, 0.25) is 0 Å². The van der Waals surface area contributed by atoms with E-state index in [1.54, 1.807) is 0 Å². The van der Waals surface area contributed by atoms with Crippen molar-refractivity contribution in [2.24, 2.45) is 11.8 Å². The lowest BCUT2D eigenvalue weighted by atomic mass is 9.95. The molecule has 0 spiro atoms. The SMILES string of the molecule is CC1CCN(C(=O)C(C#N)Cc2ccccc2)CC1. The summed E-state index contributed by atoms with van der Waals surface area (Å²) in [6.07, 6.45) is 2.62. The molecule has 0 aromatic heterocycles. The average molecular weight is 256 g/mol. The summed E-state index contributed by atoms with van der Waals surface area (Å²) in [6, 6.07) is 11.9. The normalized spacial score (nSPS) is 17.8. The van der Waals surface area contributed by atoms with Crippen molar-refractivity contribution in [2.75, 3.05) is 13.1 Å². The molecule has 1 amide bonds. The molecule has 1 aliphatic heterocycles. The van der Waals surface area contributed by atoms with Crippen molar-refractivity contribution in [3.8, 4) is 6.07 Å². The monoisotopic (exact) mass is 256 g/mol. The maximum atomic E-state index is 12.3. The van der Waals surface area contributed by atoms with Crippen molar-refractivity contribution in [3.63, 3.8) is 0 Å². The number of carbonyl (C=O) groups excluding carboxylic acids is 1. The molecule has 0 aliphatic carbocycles. The molecular formula is C16H20N2O. The summed E-state index contributed by atoms with van der Waals surface area (Å²) in [7, 11) is 0. The zero-order valence-corrected chi connectivity index (χ0v) is 11.4. The number of piperidine rings is 1. The summed E-state index contributed by atoms with van der Waals surface area (Å²) in [6.45, 7) is 3.81. The Kier molecular flexibility index (Phi) is 4.57. The number of hydrogen-bond donors (Lipinski definition) is 0. The fourth-order valence-corrected chi connectivity index (χ4v) is 2.49. The Hall–Kier alpha value is -1.82. The predicted molar refractivity (Wildman–Crippen MR) is 74.2 cm³/mol. The van der Waals surface area contributed by atoms with Gasteiger partial charge < -0.3 is 4.90 Å². The van der Waals surface area contributed by atoms with Gasteiger partial charge in [0.25, 0.3) is 0 Å². The second-order valence-electron chi connectivity index (χ2n) is 5.38. The van der Waals surface area contributed by atoms with E-state index in [0.29, 0.717) is 12.3 Å². The highest BCUT2D eigenvalue weighted by molar-refractivity contribution is 5.81. The molecule has 2 rings (SSSR count). The Morgan fingerprint density at radius 1 is 1.37 bits per heavy atom. The molecule has 0 N–H and O–H groups in total. The Morgan fingerprint density at radius 3 is 2.58 bits per heavy atom. The van der Waals surface area contributed by atoms with Crippen LogP contribution < -0.4 is 0 Å². The fraction of sp³-hybridized carbons (Fsp3) is 0.500. The van der Waals surface area contributed by atoms with Gasteiger partial charge in [0.15, 0.2) is 0 Å². The van der Waals surface area contributed by atoms with Gasteiger partial charge in [0.2, 0.25) is 5.91 Å². The number of amides is 1. The van der Waals surface area contributed by atoms with Crippen LogP contribution in [0, 0.1) is 23.2 Å². The van der Waals surface area contributed by atoms with Crippen LogP contribution in [-0.2, 0) is 11.2 Å². The van der Waals surface area contributed by atoms with Crippen LogP contribution in [0.1, 0.15) is 25.3 Å². The molecule has 1 unspecified atom stereocenters. The van der Waals surface area contributed by atoms with E-state index in [4.69, 9.17) is 0 Å². The summed E-state index contributed by atoms with van der Waals surface area (Å²) in [5.41, 5.74) is 1.05. The Morgan fingerprint density at radius 2 is 2.00 bits per heavy atom. The molecule has 1 saturated heterocycles. The average Bonchev–Trinajstić information content (AvgIpc) is 2.46. The maximum absolute atomic E-state index is 12.3. The number of likely N-dealkylation sites (tertiary alicyclic amines) is 1. The lowest BCUT2D eigenvalue weighted by Gasteiger charge is -2.31. The maximum Gasteiger partial charge on any atom is 0.240 e. The molecular weight excluding hydrogens is 236 g/mol. The van der Waals surface area contributed by atoms with E-state index in [9.17, 15) is 10.1 Å². The summed E-state index contributed by atoms with van der Waals surface area (Å²) in [5, 5.41) is 9.24. The van der Waals surface area contributed by atoms with Crippen LogP contribution in [0.3, 0.4) is 0 Å². The number of nitrogens with zero attached hydrogens (tertiary/aromatic N) is 2. The quantitative estimate of drug-likeness (QED) is 0.834. The van der Waals surface area contributed by atoms with Crippen molar-refractivity contribution in [2.45, 2.75) is 26.2 Å². The highest BCUT2D eigenvalue weighted by Gasteiger charge is 2.27. The first-order valence-electron chi connectivity index (χ1n) is 6.93. The van der Waals surface area contributed by atoms with E-state index in [0.717, 1.165) is 31.5 Å². The van der Waals surface area contributed by atoms with Crippen LogP contribution >= 0.6 is 0 Å². The molecule has 100 valence electrons. The first-order valence-corrected chi connectivity index (χ1v) is 6.93. The number of nitriles is 1. The number of carbonyl (C=O) groups is 1. The summed E-state index contributed by atoms with van der Waals surface area (Å²) in [4.78, 5) is 14.2. The van der Waals surface area contributed by atoms with Crippen LogP contribution in [0.5, 0.6) is 0 Å². The number of rotatable bonds is 3. The minimum Gasteiger partial charge on any atom is -0.342 e. The summed E-state index contributed by atoms with van der Waals surface area (Å²) < 4.78 is 0. The molecule has 0 radical (unpaired) electrons. The Balaban J connectivity index is 1.98. The van der Waals surface area contributed by atoms with Crippen molar-refractivity contribution in [1.29, 1.82) is 5.26 Å². The highest BCUT2D eigenvalue weighted by atomic mass is 16.2. The van der Waals surface area contributed by atoms with Crippen LogP contribution in [0.4, 0.5) is 0 Å². The zero-order chi connectivity index (χ0) is 13.7. The molecule has 3 heteroatoms. The largest absolute Gasteiger partial charge is 0.342 e. The lowest BCUT2D eigenvalue weighted by molar-refractivity contribution is -0.135. The summed E-state index contributed by atoms with van der Waals surface area (Å²) >= 11 is 0. The van der Waals surface area contributed by atoms with Gasteiger partial charge in [-0.1, -0.05) is 37.3 Å². The topological polar surface area (TPSA) is 44.1 Å². The minimum absolute atomic E-state index is 0.00162. The molecule has 1 fully saturated rings. The van der Waals surface area contributed by atoms with Crippen molar-refractivity contribution < 1.29 is 4.79 Å². The zero-order valence-electron chi connectivity index (χ0n) is 11.4. The molecule has 0 bridgehead atoms. The second-order valence-corrected chi connectivity index (χ2v) is 5.38. The van der Waals surface area contributed by atoms with Crippen molar-refractivity contribution in [3.05, 3.63) is 35.9 Å². The van der Waals surface area contributed by atoms with E-state index >= 15 is 0 Å².